The van der Waals surface area contributed by atoms with Crippen molar-refractivity contribution in [1.29, 1.82) is 0 Å². The van der Waals surface area contributed by atoms with Crippen molar-refractivity contribution in [2.75, 3.05) is 20.3 Å². The maximum absolute atomic E-state index is 5.01. The first-order valence-corrected chi connectivity index (χ1v) is 5.44. The van der Waals surface area contributed by atoms with Gasteiger partial charge in [0.25, 0.3) is 0 Å². The molecule has 0 radical (unpaired) electrons. The minimum absolute atomic E-state index is 0.388. The molecule has 1 aromatic rings. The van der Waals surface area contributed by atoms with Crippen LogP contribution in [0.3, 0.4) is 0 Å². The highest BCUT2D eigenvalue weighted by Crippen LogP contribution is 2.16. The number of rotatable bonds is 5. The van der Waals surface area contributed by atoms with E-state index in [1.165, 1.54) is 16.7 Å². The Balaban J connectivity index is 2.60. The fourth-order valence-electron chi connectivity index (χ4n) is 1.76. The van der Waals surface area contributed by atoms with Crippen LogP contribution in [0.1, 0.15) is 29.7 Å². The second-order valence-corrected chi connectivity index (χ2v) is 4.09. The zero-order valence-electron chi connectivity index (χ0n) is 10.1. The van der Waals surface area contributed by atoms with E-state index < -0.39 is 0 Å². The third-order valence-corrected chi connectivity index (χ3v) is 2.50. The number of aryl methyl sites for hydroxylation is 2. The maximum atomic E-state index is 5.01. The van der Waals surface area contributed by atoms with Gasteiger partial charge in [-0.1, -0.05) is 29.3 Å². The van der Waals surface area contributed by atoms with Crippen molar-refractivity contribution < 1.29 is 4.74 Å². The molecule has 1 rings (SSSR count). The molecule has 0 aliphatic rings. The summed E-state index contributed by atoms with van der Waals surface area (Å²) in [4.78, 5) is 0. The van der Waals surface area contributed by atoms with E-state index in [1.54, 1.807) is 7.11 Å². The van der Waals surface area contributed by atoms with Crippen LogP contribution in [0.2, 0.25) is 0 Å². The van der Waals surface area contributed by atoms with Crippen LogP contribution in [0, 0.1) is 13.8 Å². The quantitative estimate of drug-likeness (QED) is 0.749. The Morgan fingerprint density at radius 2 is 1.80 bits per heavy atom. The smallest absolute Gasteiger partial charge is 0.0587 e. The summed E-state index contributed by atoms with van der Waals surface area (Å²) < 4.78 is 5.01. The van der Waals surface area contributed by atoms with Crippen LogP contribution in [0.15, 0.2) is 18.2 Å². The van der Waals surface area contributed by atoms with Gasteiger partial charge in [0.1, 0.15) is 0 Å². The normalized spacial score (nSPS) is 12.8. The molecule has 0 amide bonds. The van der Waals surface area contributed by atoms with Crippen LogP contribution >= 0.6 is 0 Å². The molecule has 0 bridgehead atoms. The minimum Gasteiger partial charge on any atom is -0.383 e. The highest BCUT2D eigenvalue weighted by molar-refractivity contribution is 5.30. The molecule has 0 heterocycles. The number of ether oxygens (including phenoxy) is 1. The zero-order chi connectivity index (χ0) is 11.3. The number of hydrogen-bond donors (Lipinski definition) is 1. The van der Waals surface area contributed by atoms with E-state index in [0.29, 0.717) is 6.04 Å². The summed E-state index contributed by atoms with van der Waals surface area (Å²) in [5.74, 6) is 0. The number of nitrogens with one attached hydrogen (secondary N) is 1. The monoisotopic (exact) mass is 207 g/mol. The molecular formula is C13H21NO. The van der Waals surface area contributed by atoms with Crippen molar-refractivity contribution in [1.82, 2.24) is 5.32 Å². The first-order valence-electron chi connectivity index (χ1n) is 5.44. The van der Waals surface area contributed by atoms with Gasteiger partial charge in [0, 0.05) is 19.7 Å². The Bertz CT molecular complexity index is 289. The van der Waals surface area contributed by atoms with Crippen molar-refractivity contribution in [2.24, 2.45) is 0 Å². The predicted octanol–water partition coefficient (Wildman–Crippen LogP) is 2.60. The molecule has 0 aromatic heterocycles. The van der Waals surface area contributed by atoms with E-state index in [4.69, 9.17) is 4.74 Å². The second-order valence-electron chi connectivity index (χ2n) is 4.09. The topological polar surface area (TPSA) is 21.3 Å². The van der Waals surface area contributed by atoms with Crippen LogP contribution in [-0.2, 0) is 4.74 Å². The first-order chi connectivity index (χ1) is 7.13. The first kappa shape index (κ1) is 12.2. The van der Waals surface area contributed by atoms with Crippen LogP contribution in [0.5, 0.6) is 0 Å². The van der Waals surface area contributed by atoms with Crippen molar-refractivity contribution in [2.45, 2.75) is 26.8 Å². The Morgan fingerprint density at radius 3 is 2.33 bits per heavy atom. The molecule has 2 nitrogen and oxygen atoms in total. The van der Waals surface area contributed by atoms with Gasteiger partial charge in [-0.25, -0.2) is 0 Å². The SMILES string of the molecule is COCCNC(C)c1cc(C)cc(C)c1. The lowest BCUT2D eigenvalue weighted by molar-refractivity contribution is 0.196. The van der Waals surface area contributed by atoms with Gasteiger partial charge >= 0.3 is 0 Å². The summed E-state index contributed by atoms with van der Waals surface area (Å²) in [5.41, 5.74) is 4.00. The fraction of sp³-hybridized carbons (Fsp3) is 0.538. The molecule has 1 unspecified atom stereocenters. The van der Waals surface area contributed by atoms with Crippen molar-refractivity contribution >= 4 is 0 Å². The van der Waals surface area contributed by atoms with E-state index >= 15 is 0 Å². The Hall–Kier alpha value is -0.860. The molecule has 0 aliphatic carbocycles. The van der Waals surface area contributed by atoms with Gasteiger partial charge in [0.15, 0.2) is 0 Å². The summed E-state index contributed by atoms with van der Waals surface area (Å²) in [7, 11) is 1.73. The largest absolute Gasteiger partial charge is 0.383 e. The molecule has 84 valence electrons. The Morgan fingerprint density at radius 1 is 1.20 bits per heavy atom. The van der Waals surface area contributed by atoms with E-state index in [1.807, 2.05) is 0 Å². The second kappa shape index (κ2) is 5.89. The van der Waals surface area contributed by atoms with Gasteiger partial charge in [-0.2, -0.15) is 0 Å². The standard InChI is InChI=1S/C13H21NO/c1-10-7-11(2)9-13(8-10)12(3)14-5-6-15-4/h7-9,12,14H,5-6H2,1-4H3. The zero-order valence-corrected chi connectivity index (χ0v) is 10.1. The van der Waals surface area contributed by atoms with E-state index in [2.05, 4.69) is 44.3 Å². The van der Waals surface area contributed by atoms with Crippen LogP contribution in [-0.4, -0.2) is 20.3 Å². The Labute approximate surface area is 92.6 Å². The molecular weight excluding hydrogens is 186 g/mol. The lowest BCUT2D eigenvalue weighted by Crippen LogP contribution is -2.22. The number of benzene rings is 1. The fourth-order valence-corrected chi connectivity index (χ4v) is 1.76. The molecule has 2 heteroatoms. The van der Waals surface area contributed by atoms with Gasteiger partial charge in [0.2, 0.25) is 0 Å². The molecule has 0 aliphatic heterocycles. The third kappa shape index (κ3) is 4.02. The van der Waals surface area contributed by atoms with Crippen LogP contribution in [0.4, 0.5) is 0 Å². The predicted molar refractivity (Wildman–Crippen MR) is 64.2 cm³/mol. The van der Waals surface area contributed by atoms with Gasteiger partial charge in [0.05, 0.1) is 6.61 Å². The van der Waals surface area contributed by atoms with E-state index in [0.717, 1.165) is 13.2 Å². The van der Waals surface area contributed by atoms with Crippen LogP contribution < -0.4 is 5.32 Å². The van der Waals surface area contributed by atoms with Gasteiger partial charge in [-0.05, 0) is 26.3 Å². The van der Waals surface area contributed by atoms with Crippen molar-refractivity contribution in [3.8, 4) is 0 Å². The molecule has 0 fully saturated rings. The highest BCUT2D eigenvalue weighted by Gasteiger charge is 2.04. The molecule has 0 saturated heterocycles. The van der Waals surface area contributed by atoms with Gasteiger partial charge in [-0.15, -0.1) is 0 Å². The molecule has 15 heavy (non-hydrogen) atoms. The average Bonchev–Trinajstić information content (AvgIpc) is 2.16. The highest BCUT2D eigenvalue weighted by atomic mass is 16.5. The molecule has 1 N–H and O–H groups in total. The third-order valence-electron chi connectivity index (χ3n) is 2.50. The summed E-state index contributed by atoms with van der Waals surface area (Å²) >= 11 is 0. The lowest BCUT2D eigenvalue weighted by Gasteiger charge is -2.15. The van der Waals surface area contributed by atoms with E-state index in [9.17, 15) is 0 Å². The van der Waals surface area contributed by atoms with Crippen molar-refractivity contribution in [3.05, 3.63) is 34.9 Å². The average molecular weight is 207 g/mol. The summed E-state index contributed by atoms with van der Waals surface area (Å²) in [5, 5.41) is 3.43. The summed E-state index contributed by atoms with van der Waals surface area (Å²) in [6.45, 7) is 8.11. The maximum Gasteiger partial charge on any atom is 0.0587 e. The number of methoxy groups -OCH3 is 1. The summed E-state index contributed by atoms with van der Waals surface area (Å²) in [6.07, 6.45) is 0. The van der Waals surface area contributed by atoms with Crippen molar-refractivity contribution in [3.63, 3.8) is 0 Å². The Kier molecular flexibility index (Phi) is 4.79. The van der Waals surface area contributed by atoms with Gasteiger partial charge < -0.3 is 10.1 Å². The lowest BCUT2D eigenvalue weighted by atomic mass is 10.0. The molecule has 1 aromatic carbocycles. The van der Waals surface area contributed by atoms with E-state index in [-0.39, 0.29) is 0 Å². The number of hydrogen-bond acceptors (Lipinski definition) is 2. The minimum atomic E-state index is 0.388. The molecule has 1 atom stereocenters. The van der Waals surface area contributed by atoms with Gasteiger partial charge in [-0.3, -0.25) is 0 Å². The molecule has 0 saturated carbocycles. The van der Waals surface area contributed by atoms with Crippen LogP contribution in [0.25, 0.3) is 0 Å². The summed E-state index contributed by atoms with van der Waals surface area (Å²) in [6, 6.07) is 7.05. The molecule has 0 spiro atoms.